The van der Waals surface area contributed by atoms with Crippen LogP contribution in [-0.2, 0) is 4.74 Å². The maximum atomic E-state index is 5.68. The van der Waals surface area contributed by atoms with Gasteiger partial charge < -0.3 is 4.74 Å². The highest BCUT2D eigenvalue weighted by atomic mass is 16.5. The van der Waals surface area contributed by atoms with E-state index in [1.165, 1.54) is 24.8 Å². The van der Waals surface area contributed by atoms with E-state index in [2.05, 4.69) is 19.1 Å². The van der Waals surface area contributed by atoms with E-state index in [1.807, 2.05) is 0 Å². The Labute approximate surface area is 67.7 Å². The van der Waals surface area contributed by atoms with E-state index in [-0.39, 0.29) is 0 Å². The van der Waals surface area contributed by atoms with Gasteiger partial charge in [-0.15, -0.1) is 0 Å². The van der Waals surface area contributed by atoms with Gasteiger partial charge in [-0.05, 0) is 37.8 Å². The quantitative estimate of drug-likeness (QED) is 0.516. The van der Waals surface area contributed by atoms with Crippen molar-refractivity contribution in [3.05, 3.63) is 23.5 Å². The fourth-order valence-corrected chi connectivity index (χ4v) is 1.68. The molecule has 60 valence electrons. The number of rotatable bonds is 0. The van der Waals surface area contributed by atoms with Gasteiger partial charge in [0, 0.05) is 6.42 Å². The third kappa shape index (κ3) is 1.32. The van der Waals surface area contributed by atoms with Crippen LogP contribution in [0.25, 0.3) is 0 Å². The minimum absolute atomic E-state index is 0.392. The number of allylic oxidation sites excluding steroid dienone is 2. The summed E-state index contributed by atoms with van der Waals surface area (Å²) in [7, 11) is 0. The molecule has 1 aliphatic heterocycles. The number of ether oxygens (including phenoxy) is 1. The highest BCUT2D eigenvalue weighted by Gasteiger charge is 2.17. The first-order valence-electron chi connectivity index (χ1n) is 4.42. The minimum atomic E-state index is 0.392. The van der Waals surface area contributed by atoms with Crippen molar-refractivity contribution in [3.8, 4) is 0 Å². The average molecular weight is 150 g/mol. The number of fused-ring (bicyclic) bond motifs is 1. The largest absolute Gasteiger partial charge is 0.490 e. The molecular weight excluding hydrogens is 136 g/mol. The van der Waals surface area contributed by atoms with Crippen LogP contribution in [0.1, 0.15) is 32.6 Å². The van der Waals surface area contributed by atoms with Crippen LogP contribution in [0.2, 0.25) is 0 Å². The second-order valence-electron chi connectivity index (χ2n) is 3.35. The second kappa shape index (κ2) is 2.72. The predicted molar refractivity (Wildman–Crippen MR) is 45.2 cm³/mol. The molecule has 0 bridgehead atoms. The van der Waals surface area contributed by atoms with Crippen LogP contribution in [0.3, 0.4) is 0 Å². The van der Waals surface area contributed by atoms with Crippen LogP contribution < -0.4 is 0 Å². The molecule has 0 aromatic heterocycles. The molecule has 0 aromatic rings. The molecule has 1 aliphatic carbocycles. The van der Waals surface area contributed by atoms with Gasteiger partial charge in [-0.3, -0.25) is 0 Å². The fraction of sp³-hybridized carbons (Fsp3) is 0.600. The van der Waals surface area contributed by atoms with Crippen molar-refractivity contribution < 1.29 is 4.74 Å². The molecule has 0 N–H and O–H groups in total. The molecule has 0 unspecified atom stereocenters. The van der Waals surface area contributed by atoms with Gasteiger partial charge in [0.2, 0.25) is 0 Å². The Morgan fingerprint density at radius 1 is 1.45 bits per heavy atom. The molecule has 11 heavy (non-hydrogen) atoms. The summed E-state index contributed by atoms with van der Waals surface area (Å²) >= 11 is 0. The lowest BCUT2D eigenvalue weighted by Crippen LogP contribution is -2.15. The first-order valence-corrected chi connectivity index (χ1v) is 4.42. The third-order valence-corrected chi connectivity index (χ3v) is 2.32. The van der Waals surface area contributed by atoms with Crippen LogP contribution in [0.5, 0.6) is 0 Å². The van der Waals surface area contributed by atoms with Crippen LogP contribution >= 0.6 is 0 Å². The fourth-order valence-electron chi connectivity index (χ4n) is 1.68. The Kier molecular flexibility index (Phi) is 1.72. The number of hydrogen-bond donors (Lipinski definition) is 0. The van der Waals surface area contributed by atoms with E-state index in [1.54, 1.807) is 0 Å². The van der Waals surface area contributed by atoms with E-state index in [4.69, 9.17) is 4.74 Å². The van der Waals surface area contributed by atoms with Gasteiger partial charge in [0.15, 0.2) is 0 Å². The smallest absolute Gasteiger partial charge is 0.118 e. The Hall–Kier alpha value is -0.720. The van der Waals surface area contributed by atoms with E-state index in [0.29, 0.717) is 6.10 Å². The second-order valence-corrected chi connectivity index (χ2v) is 3.35. The summed E-state index contributed by atoms with van der Waals surface area (Å²) in [4.78, 5) is 0. The molecule has 0 saturated heterocycles. The topological polar surface area (TPSA) is 9.23 Å². The molecule has 0 aromatic carbocycles. The standard InChI is InChI=1S/C10H14O/c1-8-6-7-9-4-2-3-5-10(9)11-8/h5,7-8H,2-4,6H2,1H3/t8-/m1/s1. The lowest BCUT2D eigenvalue weighted by molar-refractivity contribution is 0.127. The zero-order chi connectivity index (χ0) is 7.68. The molecule has 0 spiro atoms. The predicted octanol–water partition coefficient (Wildman–Crippen LogP) is 2.79. The van der Waals surface area contributed by atoms with Gasteiger partial charge in [-0.2, -0.15) is 0 Å². The molecule has 1 heterocycles. The van der Waals surface area contributed by atoms with E-state index < -0.39 is 0 Å². The molecule has 1 heteroatoms. The van der Waals surface area contributed by atoms with E-state index in [9.17, 15) is 0 Å². The lowest BCUT2D eigenvalue weighted by atomic mass is 9.96. The van der Waals surface area contributed by atoms with Crippen molar-refractivity contribution in [1.82, 2.24) is 0 Å². The van der Waals surface area contributed by atoms with Crippen molar-refractivity contribution >= 4 is 0 Å². The third-order valence-electron chi connectivity index (χ3n) is 2.32. The zero-order valence-corrected chi connectivity index (χ0v) is 6.97. The summed E-state index contributed by atoms with van der Waals surface area (Å²) in [6.45, 7) is 2.13. The molecule has 0 radical (unpaired) electrons. The highest BCUT2D eigenvalue weighted by molar-refractivity contribution is 5.30. The molecule has 1 nitrogen and oxygen atoms in total. The summed E-state index contributed by atoms with van der Waals surface area (Å²) in [6, 6.07) is 0. The summed E-state index contributed by atoms with van der Waals surface area (Å²) in [5.41, 5.74) is 1.44. The van der Waals surface area contributed by atoms with Crippen molar-refractivity contribution in [2.45, 2.75) is 38.7 Å². The molecule has 2 aliphatic rings. The maximum absolute atomic E-state index is 5.68. The lowest BCUT2D eigenvalue weighted by Gasteiger charge is -2.26. The summed E-state index contributed by atoms with van der Waals surface area (Å²) in [5, 5.41) is 0. The summed E-state index contributed by atoms with van der Waals surface area (Å²) < 4.78 is 5.68. The van der Waals surface area contributed by atoms with E-state index >= 15 is 0 Å². The van der Waals surface area contributed by atoms with Gasteiger partial charge in [-0.1, -0.05) is 6.08 Å². The molecule has 0 amide bonds. The van der Waals surface area contributed by atoms with Crippen molar-refractivity contribution in [1.29, 1.82) is 0 Å². The molecule has 1 atom stereocenters. The monoisotopic (exact) mass is 150 g/mol. The Morgan fingerprint density at radius 3 is 3.27 bits per heavy atom. The Morgan fingerprint density at radius 2 is 2.36 bits per heavy atom. The van der Waals surface area contributed by atoms with Gasteiger partial charge in [-0.25, -0.2) is 0 Å². The molecule has 0 fully saturated rings. The van der Waals surface area contributed by atoms with Crippen LogP contribution in [-0.4, -0.2) is 6.10 Å². The average Bonchev–Trinajstić information content (AvgIpc) is 2.04. The highest BCUT2D eigenvalue weighted by Crippen LogP contribution is 2.30. The van der Waals surface area contributed by atoms with Crippen molar-refractivity contribution in [3.63, 3.8) is 0 Å². The summed E-state index contributed by atoms with van der Waals surface area (Å²) in [6.07, 6.45) is 9.75. The van der Waals surface area contributed by atoms with Crippen LogP contribution in [0.15, 0.2) is 23.5 Å². The van der Waals surface area contributed by atoms with Crippen LogP contribution in [0, 0.1) is 0 Å². The van der Waals surface area contributed by atoms with Crippen molar-refractivity contribution in [2.75, 3.05) is 0 Å². The Balaban J connectivity index is 2.22. The normalized spacial score (nSPS) is 29.7. The maximum Gasteiger partial charge on any atom is 0.118 e. The SMILES string of the molecule is C[C@@H]1CC=C2CCCC=C2O1. The van der Waals surface area contributed by atoms with E-state index in [0.717, 1.165) is 12.2 Å². The first kappa shape index (κ1) is 6.96. The molecule has 0 saturated carbocycles. The zero-order valence-electron chi connectivity index (χ0n) is 6.97. The first-order chi connectivity index (χ1) is 5.36. The van der Waals surface area contributed by atoms with Gasteiger partial charge in [0.05, 0.1) is 6.10 Å². The minimum Gasteiger partial charge on any atom is -0.490 e. The molecule has 2 rings (SSSR count). The van der Waals surface area contributed by atoms with Gasteiger partial charge in [0.1, 0.15) is 5.76 Å². The molecular formula is C10H14O. The summed E-state index contributed by atoms with van der Waals surface area (Å²) in [5.74, 6) is 1.16. The Bertz CT molecular complexity index is 213. The van der Waals surface area contributed by atoms with Crippen LogP contribution in [0.4, 0.5) is 0 Å². The number of hydrogen-bond acceptors (Lipinski definition) is 1. The van der Waals surface area contributed by atoms with Crippen molar-refractivity contribution in [2.24, 2.45) is 0 Å². The van der Waals surface area contributed by atoms with Gasteiger partial charge >= 0.3 is 0 Å². The van der Waals surface area contributed by atoms with Gasteiger partial charge in [0.25, 0.3) is 0 Å².